The summed E-state index contributed by atoms with van der Waals surface area (Å²) in [6.07, 6.45) is 7.84. The van der Waals surface area contributed by atoms with Crippen molar-refractivity contribution in [2.24, 2.45) is 5.73 Å². The Hall–Kier alpha value is -1.95. The minimum Gasteiger partial charge on any atom is -0.369 e. The normalized spacial score (nSPS) is 21.9. The first kappa shape index (κ1) is 20.3. The summed E-state index contributed by atoms with van der Waals surface area (Å²) >= 11 is 0. The summed E-state index contributed by atoms with van der Waals surface area (Å²) in [5, 5.41) is 3.77. The van der Waals surface area contributed by atoms with E-state index in [2.05, 4.69) is 57.6 Å². The van der Waals surface area contributed by atoms with Crippen LogP contribution in [0.25, 0.3) is 0 Å². The molecule has 3 N–H and O–H groups in total. The van der Waals surface area contributed by atoms with E-state index in [1.807, 2.05) is 6.20 Å². The number of rotatable bonds is 8. The quantitative estimate of drug-likeness (QED) is 0.675. The van der Waals surface area contributed by atoms with Gasteiger partial charge >= 0.3 is 0 Å². The van der Waals surface area contributed by atoms with Crippen LogP contribution in [0.2, 0.25) is 0 Å². The largest absolute Gasteiger partial charge is 0.369 e. The van der Waals surface area contributed by atoms with Gasteiger partial charge in [-0.25, -0.2) is 0 Å². The number of piperazine rings is 1. The lowest BCUT2D eigenvalue weighted by Gasteiger charge is -2.41. The van der Waals surface area contributed by atoms with Crippen molar-refractivity contribution in [3.63, 3.8) is 0 Å². The first-order chi connectivity index (χ1) is 14.3. The second-order valence-electron chi connectivity index (χ2n) is 8.38. The highest BCUT2D eigenvalue weighted by atomic mass is 15.2. The highest BCUT2D eigenvalue weighted by Gasteiger charge is 2.30. The van der Waals surface area contributed by atoms with Crippen molar-refractivity contribution < 1.29 is 0 Å². The van der Waals surface area contributed by atoms with E-state index >= 15 is 0 Å². The molecule has 2 atom stereocenters. The van der Waals surface area contributed by atoms with Gasteiger partial charge in [-0.3, -0.25) is 9.88 Å². The molecule has 5 nitrogen and oxygen atoms in total. The Balaban J connectivity index is 1.47. The summed E-state index contributed by atoms with van der Waals surface area (Å²) in [6, 6.07) is 16.1. The molecule has 2 aliphatic rings. The molecule has 1 aromatic carbocycles. The zero-order valence-corrected chi connectivity index (χ0v) is 17.5. The molecule has 2 aromatic rings. The van der Waals surface area contributed by atoms with Gasteiger partial charge in [0.2, 0.25) is 0 Å². The highest BCUT2D eigenvalue weighted by Crippen LogP contribution is 2.33. The predicted octanol–water partition coefficient (Wildman–Crippen LogP) is 2.98. The number of benzene rings is 1. The molecule has 156 valence electrons. The van der Waals surface area contributed by atoms with Gasteiger partial charge in [0.25, 0.3) is 0 Å². The van der Waals surface area contributed by atoms with Crippen molar-refractivity contribution in [1.29, 1.82) is 0 Å². The summed E-state index contributed by atoms with van der Waals surface area (Å²) in [7, 11) is 0. The Morgan fingerprint density at radius 2 is 2.03 bits per heavy atom. The summed E-state index contributed by atoms with van der Waals surface area (Å²) < 4.78 is 0. The molecule has 1 aliphatic carbocycles. The van der Waals surface area contributed by atoms with E-state index in [0.29, 0.717) is 12.1 Å². The monoisotopic (exact) mass is 393 g/mol. The average Bonchev–Trinajstić information content (AvgIpc) is 2.79. The van der Waals surface area contributed by atoms with Crippen LogP contribution in [0.15, 0.2) is 48.7 Å². The van der Waals surface area contributed by atoms with E-state index in [1.54, 1.807) is 0 Å². The number of unbranched alkanes of at least 4 members (excludes halogenated alkanes) is 1. The molecular formula is C24H35N5. The summed E-state index contributed by atoms with van der Waals surface area (Å²) in [4.78, 5) is 10.0. The SMILES string of the molecule is NCCCCN(CC1CN(c2ccccc2)CCN1)[C@H]1CCCc2cccnc21. The zero-order chi connectivity index (χ0) is 19.9. The van der Waals surface area contributed by atoms with Gasteiger partial charge in [0.05, 0.1) is 11.7 Å². The fourth-order valence-corrected chi connectivity index (χ4v) is 4.88. The van der Waals surface area contributed by atoms with Gasteiger partial charge in [-0.2, -0.15) is 0 Å². The molecule has 1 aliphatic heterocycles. The number of aryl methyl sites for hydroxylation is 1. The highest BCUT2D eigenvalue weighted by molar-refractivity contribution is 5.46. The molecule has 1 unspecified atom stereocenters. The molecule has 0 radical (unpaired) electrons. The molecule has 4 rings (SSSR count). The molecule has 1 fully saturated rings. The topological polar surface area (TPSA) is 57.4 Å². The number of para-hydroxylation sites is 1. The van der Waals surface area contributed by atoms with E-state index in [1.165, 1.54) is 36.2 Å². The van der Waals surface area contributed by atoms with Crippen LogP contribution in [0.4, 0.5) is 5.69 Å². The van der Waals surface area contributed by atoms with Crippen molar-refractivity contribution in [3.8, 4) is 0 Å². The van der Waals surface area contributed by atoms with Crippen molar-refractivity contribution in [1.82, 2.24) is 15.2 Å². The average molecular weight is 394 g/mol. The maximum Gasteiger partial charge on any atom is 0.0607 e. The van der Waals surface area contributed by atoms with Crippen LogP contribution in [0.3, 0.4) is 0 Å². The second-order valence-corrected chi connectivity index (χ2v) is 8.38. The van der Waals surface area contributed by atoms with Crippen LogP contribution < -0.4 is 16.0 Å². The second kappa shape index (κ2) is 10.2. The van der Waals surface area contributed by atoms with Gasteiger partial charge in [-0.15, -0.1) is 0 Å². The number of hydrogen-bond acceptors (Lipinski definition) is 5. The van der Waals surface area contributed by atoms with Crippen LogP contribution in [0.1, 0.15) is 43.0 Å². The first-order valence-electron chi connectivity index (χ1n) is 11.3. The summed E-state index contributed by atoms with van der Waals surface area (Å²) in [5.74, 6) is 0. The summed E-state index contributed by atoms with van der Waals surface area (Å²) in [5.41, 5.74) is 9.87. The Morgan fingerprint density at radius 1 is 1.14 bits per heavy atom. The van der Waals surface area contributed by atoms with Crippen molar-refractivity contribution in [2.45, 2.75) is 44.2 Å². The number of fused-ring (bicyclic) bond motifs is 1. The molecule has 1 aromatic heterocycles. The zero-order valence-electron chi connectivity index (χ0n) is 17.5. The Kier molecular flexibility index (Phi) is 7.14. The summed E-state index contributed by atoms with van der Waals surface area (Å²) in [6.45, 7) is 6.10. The van der Waals surface area contributed by atoms with Crippen LogP contribution in [-0.2, 0) is 6.42 Å². The number of nitrogens with two attached hydrogens (primary N) is 1. The molecule has 0 spiro atoms. The van der Waals surface area contributed by atoms with Gasteiger partial charge in [-0.1, -0.05) is 24.3 Å². The van der Waals surface area contributed by atoms with Crippen molar-refractivity contribution in [3.05, 3.63) is 59.9 Å². The number of nitrogens with one attached hydrogen (secondary N) is 1. The van der Waals surface area contributed by atoms with Crippen molar-refractivity contribution in [2.75, 3.05) is 44.2 Å². The number of nitrogens with zero attached hydrogens (tertiary/aromatic N) is 3. The number of hydrogen-bond donors (Lipinski definition) is 2. The fourth-order valence-electron chi connectivity index (χ4n) is 4.88. The molecular weight excluding hydrogens is 358 g/mol. The lowest BCUT2D eigenvalue weighted by Crippen LogP contribution is -2.55. The lowest BCUT2D eigenvalue weighted by molar-refractivity contribution is 0.151. The van der Waals surface area contributed by atoms with Gasteiger partial charge in [0.1, 0.15) is 0 Å². The van der Waals surface area contributed by atoms with E-state index in [-0.39, 0.29) is 0 Å². The third-order valence-corrected chi connectivity index (χ3v) is 6.34. The van der Waals surface area contributed by atoms with E-state index in [9.17, 15) is 0 Å². The van der Waals surface area contributed by atoms with E-state index in [4.69, 9.17) is 10.7 Å². The fraction of sp³-hybridized carbons (Fsp3) is 0.542. The molecule has 2 heterocycles. The minimum atomic E-state index is 0.437. The molecule has 0 bridgehead atoms. The lowest BCUT2D eigenvalue weighted by atomic mass is 9.90. The standard InChI is InChI=1S/C24H35N5/c25-13-4-5-16-29(23-12-6-8-20-9-7-14-27-24(20)23)19-21-18-28(17-15-26-21)22-10-2-1-3-11-22/h1-3,7,9-11,14,21,23,26H,4-6,8,12-13,15-19,25H2/t21?,23-/m0/s1. The Morgan fingerprint density at radius 3 is 2.90 bits per heavy atom. The Bertz CT molecular complexity index is 750. The van der Waals surface area contributed by atoms with Crippen molar-refractivity contribution >= 4 is 5.69 Å². The number of aromatic nitrogens is 1. The molecule has 5 heteroatoms. The van der Waals surface area contributed by atoms with E-state index < -0.39 is 0 Å². The third-order valence-electron chi connectivity index (χ3n) is 6.34. The van der Waals surface area contributed by atoms with Gasteiger partial charge < -0.3 is 16.0 Å². The molecule has 0 saturated carbocycles. The number of anilines is 1. The minimum absolute atomic E-state index is 0.437. The first-order valence-corrected chi connectivity index (χ1v) is 11.3. The maximum absolute atomic E-state index is 5.79. The van der Waals surface area contributed by atoms with Gasteiger partial charge in [0, 0.05) is 44.1 Å². The molecule has 1 saturated heterocycles. The van der Waals surface area contributed by atoms with Crippen LogP contribution in [0, 0.1) is 0 Å². The molecule has 0 amide bonds. The maximum atomic E-state index is 5.79. The van der Waals surface area contributed by atoms with Crippen LogP contribution in [0.5, 0.6) is 0 Å². The number of pyridine rings is 1. The van der Waals surface area contributed by atoms with Crippen LogP contribution >= 0.6 is 0 Å². The van der Waals surface area contributed by atoms with Gasteiger partial charge in [-0.05, 0) is 69.0 Å². The predicted molar refractivity (Wildman–Crippen MR) is 120 cm³/mol. The molecule has 29 heavy (non-hydrogen) atoms. The smallest absolute Gasteiger partial charge is 0.0607 e. The van der Waals surface area contributed by atoms with Gasteiger partial charge in [0.15, 0.2) is 0 Å². The van der Waals surface area contributed by atoms with E-state index in [0.717, 1.165) is 52.1 Å². The Labute approximate surface area is 175 Å². The van der Waals surface area contributed by atoms with Crippen LogP contribution in [-0.4, -0.2) is 55.2 Å². The third kappa shape index (κ3) is 5.16.